The highest BCUT2D eigenvalue weighted by molar-refractivity contribution is 5.77. The number of benzene rings is 1. The summed E-state index contributed by atoms with van der Waals surface area (Å²) in [6.07, 6.45) is 3.67. The lowest BCUT2D eigenvalue weighted by atomic mass is 10.2. The molecule has 0 aliphatic carbocycles. The van der Waals surface area contributed by atoms with Gasteiger partial charge in [0.25, 0.3) is 0 Å². The summed E-state index contributed by atoms with van der Waals surface area (Å²) in [4.78, 5) is 3.83. The Morgan fingerprint density at radius 3 is 2.76 bits per heavy atom. The van der Waals surface area contributed by atoms with Gasteiger partial charge in [0.1, 0.15) is 0 Å². The van der Waals surface area contributed by atoms with Gasteiger partial charge in [-0.1, -0.05) is 12.1 Å². The molecule has 1 heterocycles. The Kier molecular flexibility index (Phi) is 3.40. The first-order valence-electron chi connectivity index (χ1n) is 5.34. The summed E-state index contributed by atoms with van der Waals surface area (Å²) >= 11 is 0. The van der Waals surface area contributed by atoms with Crippen molar-refractivity contribution in [3.05, 3.63) is 48.3 Å². The monoisotopic (exact) mass is 229 g/mol. The molecule has 0 fully saturated rings. The third-order valence-corrected chi connectivity index (χ3v) is 2.42. The maximum Gasteiger partial charge on any atom is 0.188 e. The lowest BCUT2D eigenvalue weighted by molar-refractivity contribution is 0.871. The SMILES string of the molecule is CN=C(N)NCc1ccc(-n2cccn2)cc1. The Morgan fingerprint density at radius 1 is 1.41 bits per heavy atom. The van der Waals surface area contributed by atoms with Crippen molar-refractivity contribution in [2.75, 3.05) is 7.05 Å². The van der Waals surface area contributed by atoms with Crippen LogP contribution in [0.5, 0.6) is 0 Å². The number of aliphatic imine (C=N–C) groups is 1. The average molecular weight is 229 g/mol. The third kappa shape index (κ3) is 2.84. The first-order valence-corrected chi connectivity index (χ1v) is 5.34. The number of hydrogen-bond acceptors (Lipinski definition) is 2. The highest BCUT2D eigenvalue weighted by Gasteiger charge is 1.97. The Hall–Kier alpha value is -2.30. The van der Waals surface area contributed by atoms with Crippen LogP contribution in [0.25, 0.3) is 5.69 Å². The Morgan fingerprint density at radius 2 is 2.18 bits per heavy atom. The molecule has 1 aromatic carbocycles. The van der Waals surface area contributed by atoms with E-state index in [0.717, 1.165) is 11.3 Å². The highest BCUT2D eigenvalue weighted by Crippen LogP contribution is 2.08. The van der Waals surface area contributed by atoms with Gasteiger partial charge in [0.2, 0.25) is 0 Å². The molecule has 2 rings (SSSR count). The lowest BCUT2D eigenvalue weighted by Crippen LogP contribution is -2.30. The molecular formula is C12H15N5. The van der Waals surface area contributed by atoms with Crippen molar-refractivity contribution >= 4 is 5.96 Å². The maximum absolute atomic E-state index is 5.55. The smallest absolute Gasteiger partial charge is 0.188 e. The van der Waals surface area contributed by atoms with Crippen LogP contribution < -0.4 is 11.1 Å². The summed E-state index contributed by atoms with van der Waals surface area (Å²) in [7, 11) is 1.66. The van der Waals surface area contributed by atoms with E-state index in [-0.39, 0.29) is 0 Å². The minimum atomic E-state index is 0.446. The van der Waals surface area contributed by atoms with E-state index in [1.54, 1.807) is 13.2 Å². The van der Waals surface area contributed by atoms with E-state index in [0.29, 0.717) is 12.5 Å². The van der Waals surface area contributed by atoms with E-state index in [1.165, 1.54) is 0 Å². The fourth-order valence-electron chi connectivity index (χ4n) is 1.46. The molecule has 0 spiro atoms. The van der Waals surface area contributed by atoms with Gasteiger partial charge in [-0.25, -0.2) is 4.68 Å². The first-order chi connectivity index (χ1) is 8.29. The van der Waals surface area contributed by atoms with E-state index in [4.69, 9.17) is 5.73 Å². The number of hydrogen-bond donors (Lipinski definition) is 2. The zero-order chi connectivity index (χ0) is 12.1. The van der Waals surface area contributed by atoms with E-state index >= 15 is 0 Å². The van der Waals surface area contributed by atoms with E-state index in [1.807, 2.05) is 41.2 Å². The molecule has 17 heavy (non-hydrogen) atoms. The van der Waals surface area contributed by atoms with E-state index in [9.17, 15) is 0 Å². The van der Waals surface area contributed by atoms with Gasteiger partial charge in [0, 0.05) is 26.0 Å². The summed E-state index contributed by atoms with van der Waals surface area (Å²) in [5.74, 6) is 0.446. The molecule has 0 aliphatic heterocycles. The number of nitrogens with two attached hydrogens (primary N) is 1. The van der Waals surface area contributed by atoms with Crippen LogP contribution in [-0.4, -0.2) is 22.8 Å². The van der Waals surface area contributed by atoms with Gasteiger partial charge in [-0.2, -0.15) is 5.10 Å². The van der Waals surface area contributed by atoms with Crippen molar-refractivity contribution in [3.63, 3.8) is 0 Å². The molecule has 5 heteroatoms. The molecule has 0 amide bonds. The first kappa shape index (κ1) is 11.2. The summed E-state index contributed by atoms with van der Waals surface area (Å²) in [6, 6.07) is 10.0. The molecule has 88 valence electrons. The van der Waals surface area contributed by atoms with Crippen LogP contribution in [0, 0.1) is 0 Å². The predicted octanol–water partition coefficient (Wildman–Crippen LogP) is 0.906. The molecule has 0 atom stereocenters. The Bertz CT molecular complexity index is 484. The topological polar surface area (TPSA) is 68.2 Å². The van der Waals surface area contributed by atoms with Crippen LogP contribution in [0.2, 0.25) is 0 Å². The number of rotatable bonds is 3. The minimum Gasteiger partial charge on any atom is -0.370 e. The Labute approximate surface area is 100.0 Å². The van der Waals surface area contributed by atoms with Gasteiger partial charge < -0.3 is 11.1 Å². The quantitative estimate of drug-likeness (QED) is 0.607. The van der Waals surface area contributed by atoms with Crippen LogP contribution >= 0.6 is 0 Å². The van der Waals surface area contributed by atoms with Crippen LogP contribution in [0.15, 0.2) is 47.7 Å². The zero-order valence-corrected chi connectivity index (χ0v) is 9.67. The number of nitrogens with one attached hydrogen (secondary N) is 1. The van der Waals surface area contributed by atoms with Crippen molar-refractivity contribution < 1.29 is 0 Å². The van der Waals surface area contributed by atoms with E-state index < -0.39 is 0 Å². The van der Waals surface area contributed by atoms with Gasteiger partial charge >= 0.3 is 0 Å². The normalized spacial score (nSPS) is 11.5. The molecule has 0 unspecified atom stereocenters. The summed E-state index contributed by atoms with van der Waals surface area (Å²) < 4.78 is 1.82. The average Bonchev–Trinajstić information content (AvgIpc) is 2.90. The van der Waals surface area contributed by atoms with E-state index in [2.05, 4.69) is 15.4 Å². The fraction of sp³-hybridized carbons (Fsp3) is 0.167. The van der Waals surface area contributed by atoms with Gasteiger partial charge in [-0.05, 0) is 23.8 Å². The molecule has 0 bridgehead atoms. The second-order valence-electron chi connectivity index (χ2n) is 3.58. The molecule has 1 aromatic heterocycles. The summed E-state index contributed by atoms with van der Waals surface area (Å²) in [5.41, 5.74) is 7.74. The molecule has 0 radical (unpaired) electrons. The minimum absolute atomic E-state index is 0.446. The van der Waals surface area contributed by atoms with Crippen LogP contribution in [-0.2, 0) is 6.54 Å². The maximum atomic E-state index is 5.55. The highest BCUT2D eigenvalue weighted by atomic mass is 15.3. The van der Waals surface area contributed by atoms with Crippen molar-refractivity contribution in [1.82, 2.24) is 15.1 Å². The van der Waals surface area contributed by atoms with Crippen LogP contribution in [0.4, 0.5) is 0 Å². The predicted molar refractivity (Wildman–Crippen MR) is 68.0 cm³/mol. The van der Waals surface area contributed by atoms with Crippen LogP contribution in [0.3, 0.4) is 0 Å². The summed E-state index contributed by atoms with van der Waals surface area (Å²) in [5, 5.41) is 7.17. The lowest BCUT2D eigenvalue weighted by Gasteiger charge is -2.06. The second kappa shape index (κ2) is 5.16. The molecule has 5 nitrogen and oxygen atoms in total. The summed E-state index contributed by atoms with van der Waals surface area (Å²) in [6.45, 7) is 0.669. The molecule has 2 aromatic rings. The zero-order valence-electron chi connectivity index (χ0n) is 9.67. The molecule has 0 aliphatic rings. The van der Waals surface area contributed by atoms with Gasteiger partial charge in [0.05, 0.1) is 5.69 Å². The molecule has 0 saturated carbocycles. The van der Waals surface area contributed by atoms with Crippen molar-refractivity contribution in [3.8, 4) is 5.69 Å². The number of aromatic nitrogens is 2. The van der Waals surface area contributed by atoms with Gasteiger partial charge in [-0.15, -0.1) is 0 Å². The molecule has 0 saturated heterocycles. The molecular weight excluding hydrogens is 214 g/mol. The van der Waals surface area contributed by atoms with Gasteiger partial charge in [-0.3, -0.25) is 4.99 Å². The molecule has 3 N–H and O–H groups in total. The van der Waals surface area contributed by atoms with Crippen molar-refractivity contribution in [2.24, 2.45) is 10.7 Å². The van der Waals surface area contributed by atoms with Crippen molar-refractivity contribution in [1.29, 1.82) is 0 Å². The largest absolute Gasteiger partial charge is 0.370 e. The van der Waals surface area contributed by atoms with Gasteiger partial charge in [0.15, 0.2) is 5.96 Å². The fourth-order valence-corrected chi connectivity index (χ4v) is 1.46. The van der Waals surface area contributed by atoms with Crippen molar-refractivity contribution in [2.45, 2.75) is 6.54 Å². The number of nitrogens with zero attached hydrogens (tertiary/aromatic N) is 3. The third-order valence-electron chi connectivity index (χ3n) is 2.42. The number of guanidine groups is 1. The standard InChI is InChI=1S/C12H15N5/c1-14-12(13)15-9-10-3-5-11(6-4-10)17-8-2-7-16-17/h2-8H,9H2,1H3,(H3,13,14,15). The Balaban J connectivity index is 2.03. The second-order valence-corrected chi connectivity index (χ2v) is 3.58. The van der Waals surface area contributed by atoms with Crippen LogP contribution in [0.1, 0.15) is 5.56 Å².